The Morgan fingerprint density at radius 1 is 1.07 bits per heavy atom. The maximum Gasteiger partial charge on any atom is 0.407 e. The van der Waals surface area contributed by atoms with Crippen molar-refractivity contribution in [2.75, 3.05) is 36.8 Å². The van der Waals surface area contributed by atoms with Crippen LogP contribution in [-0.2, 0) is 14.8 Å². The smallest absolute Gasteiger partial charge is 0.407 e. The van der Waals surface area contributed by atoms with Crippen molar-refractivity contribution < 1.29 is 35.9 Å². The largest absolute Gasteiger partial charge is 0.487 e. The molecule has 0 spiro atoms. The second kappa shape index (κ2) is 13.9. The number of hydrogen-bond acceptors (Lipinski definition) is 8. The van der Waals surface area contributed by atoms with E-state index in [1.807, 2.05) is 13.8 Å². The lowest BCUT2D eigenvalue weighted by atomic mass is 9.93. The van der Waals surface area contributed by atoms with Gasteiger partial charge in [0.1, 0.15) is 11.4 Å². The Labute approximate surface area is 257 Å². The number of hydrogen-bond donors (Lipinski definition) is 1. The average molecular weight is 642 g/mol. The molecule has 2 saturated heterocycles. The zero-order chi connectivity index (χ0) is 32.2. The van der Waals surface area contributed by atoms with Crippen LogP contribution in [0.15, 0.2) is 24.5 Å². The number of anilines is 1. The number of sulfonamides is 1. The van der Waals surface area contributed by atoms with E-state index < -0.39 is 51.1 Å². The first kappa shape index (κ1) is 33.8. The lowest BCUT2D eigenvalue weighted by molar-refractivity contribution is 0.0504. The van der Waals surface area contributed by atoms with Gasteiger partial charge in [-0.15, -0.1) is 0 Å². The van der Waals surface area contributed by atoms with Gasteiger partial charge in [0.25, 0.3) is 0 Å². The minimum absolute atomic E-state index is 0.0783. The van der Waals surface area contributed by atoms with E-state index in [0.29, 0.717) is 44.2 Å². The summed E-state index contributed by atoms with van der Waals surface area (Å²) in [7, 11) is -3.23. The van der Waals surface area contributed by atoms with Crippen molar-refractivity contribution in [2.45, 2.75) is 84.0 Å². The van der Waals surface area contributed by atoms with Crippen LogP contribution in [0.5, 0.6) is 5.75 Å². The maximum absolute atomic E-state index is 14.8. The number of nitrogens with zero attached hydrogens (tertiary/aromatic N) is 4. The molecule has 3 atom stereocenters. The van der Waals surface area contributed by atoms with E-state index >= 15 is 0 Å². The molecule has 2 aliphatic rings. The van der Waals surface area contributed by atoms with Crippen LogP contribution in [0.2, 0.25) is 0 Å². The molecule has 1 N–H and O–H groups in total. The van der Waals surface area contributed by atoms with Crippen molar-refractivity contribution in [1.29, 1.82) is 0 Å². The zero-order valence-electron chi connectivity index (χ0n) is 25.9. The second-order valence-corrected chi connectivity index (χ2v) is 14.6. The summed E-state index contributed by atoms with van der Waals surface area (Å²) in [5.41, 5.74) is -0.852. The van der Waals surface area contributed by atoms with Crippen LogP contribution in [0.4, 0.5) is 23.9 Å². The lowest BCUT2D eigenvalue weighted by Gasteiger charge is -2.34. The third kappa shape index (κ3) is 8.52. The van der Waals surface area contributed by atoms with Gasteiger partial charge < -0.3 is 19.7 Å². The number of ether oxygens (including phenoxy) is 2. The number of halogens is 3. The number of benzene rings is 1. The van der Waals surface area contributed by atoms with Gasteiger partial charge in [-0.05, 0) is 64.5 Å². The van der Waals surface area contributed by atoms with Crippen molar-refractivity contribution in [1.82, 2.24) is 19.6 Å². The first-order valence-electron chi connectivity index (χ1n) is 15.0. The molecule has 2 aromatic rings. The summed E-state index contributed by atoms with van der Waals surface area (Å²) in [6.07, 6.45) is 4.98. The molecule has 10 nitrogen and oxygen atoms in total. The van der Waals surface area contributed by atoms with Crippen molar-refractivity contribution >= 4 is 22.1 Å². The van der Waals surface area contributed by atoms with Gasteiger partial charge in [-0.2, -0.15) is 0 Å². The molecular weight excluding hydrogens is 599 g/mol. The molecule has 1 aromatic heterocycles. The van der Waals surface area contributed by atoms with Crippen molar-refractivity contribution in [3.8, 4) is 5.75 Å². The van der Waals surface area contributed by atoms with Crippen molar-refractivity contribution in [3.63, 3.8) is 0 Å². The number of carbonyl (C=O) groups excluding carboxylic acids is 1. The van der Waals surface area contributed by atoms with Crippen LogP contribution in [0, 0.1) is 23.4 Å². The van der Waals surface area contributed by atoms with E-state index in [9.17, 15) is 26.4 Å². The number of piperidine rings is 1. The summed E-state index contributed by atoms with van der Waals surface area (Å²) in [6.45, 7) is 10.3. The number of unbranched alkanes of at least 4 members (excludes halogenated alkanes) is 1. The lowest BCUT2D eigenvalue weighted by Crippen LogP contribution is -2.43. The topological polar surface area (TPSA) is 114 Å². The van der Waals surface area contributed by atoms with E-state index in [2.05, 4.69) is 15.3 Å². The van der Waals surface area contributed by atoms with Crippen LogP contribution in [0.1, 0.15) is 71.8 Å². The summed E-state index contributed by atoms with van der Waals surface area (Å²) in [4.78, 5) is 23.1. The summed E-state index contributed by atoms with van der Waals surface area (Å²) in [6, 6.07) is 0.601. The van der Waals surface area contributed by atoms with Crippen molar-refractivity contribution in [2.24, 2.45) is 5.92 Å². The molecule has 0 aliphatic carbocycles. The molecule has 1 unspecified atom stereocenters. The predicted octanol–water partition coefficient (Wildman–Crippen LogP) is 5.00. The quantitative estimate of drug-likeness (QED) is 0.361. The molecule has 0 bridgehead atoms. The molecule has 2 fully saturated rings. The first-order chi connectivity index (χ1) is 20.7. The molecule has 0 saturated carbocycles. The van der Waals surface area contributed by atoms with Crippen LogP contribution < -0.4 is 15.0 Å². The molecule has 1 aromatic carbocycles. The van der Waals surface area contributed by atoms with Gasteiger partial charge in [-0.25, -0.2) is 40.7 Å². The Morgan fingerprint density at radius 3 is 2.32 bits per heavy atom. The van der Waals surface area contributed by atoms with Crippen LogP contribution in [0.3, 0.4) is 0 Å². The highest BCUT2D eigenvalue weighted by atomic mass is 32.2. The van der Waals surface area contributed by atoms with E-state index in [0.717, 1.165) is 12.5 Å². The van der Waals surface area contributed by atoms with Crippen LogP contribution in [-0.4, -0.2) is 78.5 Å². The third-order valence-electron chi connectivity index (χ3n) is 7.99. The summed E-state index contributed by atoms with van der Waals surface area (Å²) < 4.78 is 80.6. The maximum atomic E-state index is 14.8. The minimum Gasteiger partial charge on any atom is -0.487 e. The fourth-order valence-electron chi connectivity index (χ4n) is 5.63. The molecular formula is C30H42F3N5O5S. The number of rotatable bonds is 10. The van der Waals surface area contributed by atoms with Gasteiger partial charge in [0.15, 0.2) is 17.4 Å². The Balaban J connectivity index is 1.41. The molecule has 3 heterocycles. The normalized spacial score (nSPS) is 20.9. The highest BCUT2D eigenvalue weighted by molar-refractivity contribution is 7.89. The number of carbonyl (C=O) groups is 1. The van der Waals surface area contributed by atoms with Crippen molar-refractivity contribution in [3.05, 3.63) is 47.5 Å². The highest BCUT2D eigenvalue weighted by Gasteiger charge is 2.39. The Bertz CT molecular complexity index is 1400. The summed E-state index contributed by atoms with van der Waals surface area (Å²) in [5.74, 6) is -3.09. The van der Waals surface area contributed by atoms with Gasteiger partial charge >= 0.3 is 6.09 Å². The molecule has 2 aliphatic heterocycles. The van der Waals surface area contributed by atoms with Gasteiger partial charge in [-0.3, -0.25) is 0 Å². The average Bonchev–Trinajstić information content (AvgIpc) is 3.36. The number of amides is 1. The zero-order valence-corrected chi connectivity index (χ0v) is 26.7. The first-order valence-corrected chi connectivity index (χ1v) is 16.6. The third-order valence-corrected chi connectivity index (χ3v) is 9.95. The van der Waals surface area contributed by atoms with Gasteiger partial charge in [0, 0.05) is 38.2 Å². The monoisotopic (exact) mass is 641 g/mol. The summed E-state index contributed by atoms with van der Waals surface area (Å²) in [5, 5.41) is 2.73. The molecule has 244 valence electrons. The molecule has 0 radical (unpaired) electrons. The Kier molecular flexibility index (Phi) is 10.7. The van der Waals surface area contributed by atoms with Gasteiger partial charge in [0.2, 0.25) is 16.0 Å². The number of aromatic nitrogens is 2. The summed E-state index contributed by atoms with van der Waals surface area (Å²) >= 11 is 0. The van der Waals surface area contributed by atoms with Crippen LogP contribution in [0.25, 0.3) is 0 Å². The minimum atomic E-state index is -3.23. The Hall–Kier alpha value is -3.13. The standard InChI is InChI=1S/C30H42F3N5O5S/c1-6-7-12-44(40,41)38-10-8-20(9-11-38)19(2)42-21-15-34-28(35-16-21)37-17-23(22-13-25(32)26(33)14-24(22)31)27(18-37)36-29(39)43-30(3,4)5/h13-16,19-20,23,27H,6-12,17-18H2,1-5H3,(H,36,39)/t19-,23?,27-/m0/s1. The van der Waals surface area contributed by atoms with E-state index in [-0.39, 0.29) is 42.4 Å². The second-order valence-electron chi connectivity index (χ2n) is 12.5. The van der Waals surface area contributed by atoms with E-state index in [4.69, 9.17) is 9.47 Å². The van der Waals surface area contributed by atoms with Gasteiger partial charge in [-0.1, -0.05) is 13.3 Å². The highest BCUT2D eigenvalue weighted by Crippen LogP contribution is 2.33. The molecule has 1 amide bonds. The Morgan fingerprint density at radius 2 is 1.70 bits per heavy atom. The van der Waals surface area contributed by atoms with E-state index in [1.165, 1.54) is 12.4 Å². The van der Waals surface area contributed by atoms with Crippen LogP contribution >= 0.6 is 0 Å². The SMILES string of the molecule is CCCCS(=O)(=O)N1CCC([C@H](C)Oc2cnc(N3CC(c4cc(F)c(F)cc4F)[C@@H](NC(=O)OC(C)(C)C)C3)nc2)CC1. The fourth-order valence-corrected chi connectivity index (χ4v) is 7.31. The predicted molar refractivity (Wildman–Crippen MR) is 160 cm³/mol. The molecule has 4 rings (SSSR count). The number of nitrogens with one attached hydrogen (secondary N) is 1. The number of alkyl carbamates (subject to hydrolysis) is 1. The van der Waals surface area contributed by atoms with Gasteiger partial charge in [0.05, 0.1) is 30.3 Å². The molecule has 14 heteroatoms. The van der Waals surface area contributed by atoms with E-state index in [1.54, 1.807) is 30.0 Å². The fraction of sp³-hybridized carbons (Fsp3) is 0.633. The molecule has 44 heavy (non-hydrogen) atoms.